The first-order chi connectivity index (χ1) is 15.1. The molecule has 0 aromatic rings. The Bertz CT molecular complexity index is 468. The van der Waals surface area contributed by atoms with Crippen LogP contribution >= 0.6 is 0 Å². The second-order valence-electron chi connectivity index (χ2n) is 5.88. The topological polar surface area (TPSA) is 177 Å². The first-order valence-corrected chi connectivity index (χ1v) is 9.95. The molecule has 0 spiro atoms. The second-order valence-corrected chi connectivity index (χ2v) is 5.88. The van der Waals surface area contributed by atoms with E-state index < -0.39 is 18.4 Å². The van der Waals surface area contributed by atoms with Gasteiger partial charge in [0, 0.05) is 13.1 Å². The summed E-state index contributed by atoms with van der Waals surface area (Å²) < 4.78 is 31.3. The Kier molecular flexibility index (Phi) is 21.4. The molecule has 0 aromatic carbocycles. The average Bonchev–Trinajstić information content (AvgIpc) is 2.74. The summed E-state index contributed by atoms with van der Waals surface area (Å²) >= 11 is 0. The molecule has 182 valence electrons. The lowest BCUT2D eigenvalue weighted by atomic mass is 10.5. The molecule has 0 fully saturated rings. The summed E-state index contributed by atoms with van der Waals surface area (Å²) in [7, 11) is 0. The third kappa shape index (κ3) is 24.3. The molecule has 13 heteroatoms. The summed E-state index contributed by atoms with van der Waals surface area (Å²) in [6, 6.07) is 0. The maximum Gasteiger partial charge on any atom is 0.246 e. The fourth-order valence-electron chi connectivity index (χ4n) is 1.86. The predicted octanol–water partition coefficient (Wildman–Crippen LogP) is -3.20. The molecule has 0 aliphatic rings. The van der Waals surface area contributed by atoms with Gasteiger partial charge in [-0.05, 0) is 0 Å². The molecule has 0 aliphatic carbocycles. The van der Waals surface area contributed by atoms with Crippen LogP contribution in [0.5, 0.6) is 0 Å². The Hall–Kier alpha value is -1.87. The van der Waals surface area contributed by atoms with Crippen LogP contribution in [0.1, 0.15) is 0 Å². The summed E-state index contributed by atoms with van der Waals surface area (Å²) in [4.78, 5) is 32.5. The van der Waals surface area contributed by atoms with Gasteiger partial charge < -0.3 is 49.9 Å². The van der Waals surface area contributed by atoms with Gasteiger partial charge in [0.05, 0.1) is 66.1 Å². The maximum atomic E-state index is 11.3. The van der Waals surface area contributed by atoms with Crippen LogP contribution in [0, 0.1) is 0 Å². The van der Waals surface area contributed by atoms with Crippen molar-refractivity contribution in [2.24, 2.45) is 5.73 Å². The van der Waals surface area contributed by atoms with E-state index in [-0.39, 0.29) is 19.1 Å². The van der Waals surface area contributed by atoms with E-state index in [4.69, 9.17) is 39.3 Å². The highest BCUT2D eigenvalue weighted by atomic mass is 16.6. The zero-order valence-corrected chi connectivity index (χ0v) is 17.8. The lowest BCUT2D eigenvalue weighted by Gasteiger charge is -2.08. The highest BCUT2D eigenvalue weighted by Gasteiger charge is 2.02. The first kappa shape index (κ1) is 29.1. The van der Waals surface area contributed by atoms with Crippen LogP contribution in [0.3, 0.4) is 0 Å². The van der Waals surface area contributed by atoms with Gasteiger partial charge in [-0.25, -0.2) is 0 Å². The van der Waals surface area contributed by atoms with Gasteiger partial charge in [0.2, 0.25) is 17.7 Å². The van der Waals surface area contributed by atoms with Crippen molar-refractivity contribution in [3.8, 4) is 0 Å². The predicted molar refractivity (Wildman–Crippen MR) is 107 cm³/mol. The number of aliphatic hydroxyl groups excluding tert-OH is 1. The van der Waals surface area contributed by atoms with Crippen molar-refractivity contribution < 1.29 is 47.9 Å². The molecule has 3 amide bonds. The van der Waals surface area contributed by atoms with Gasteiger partial charge in [-0.15, -0.1) is 0 Å². The summed E-state index contributed by atoms with van der Waals surface area (Å²) in [6.07, 6.45) is 0. The van der Waals surface area contributed by atoms with Crippen molar-refractivity contribution in [3.05, 3.63) is 0 Å². The quantitative estimate of drug-likeness (QED) is 0.115. The van der Waals surface area contributed by atoms with E-state index in [1.165, 1.54) is 0 Å². The first-order valence-electron chi connectivity index (χ1n) is 9.95. The molecule has 0 heterocycles. The summed E-state index contributed by atoms with van der Waals surface area (Å²) in [6.45, 7) is 3.70. The minimum atomic E-state index is -0.628. The van der Waals surface area contributed by atoms with E-state index in [9.17, 15) is 14.4 Å². The number of primary amides is 1. The molecule has 31 heavy (non-hydrogen) atoms. The number of rotatable bonds is 23. The smallest absolute Gasteiger partial charge is 0.246 e. The number of aliphatic hydroxyl groups is 1. The van der Waals surface area contributed by atoms with Crippen molar-refractivity contribution in [1.82, 2.24) is 10.6 Å². The standard InChI is InChI=1S/C18H35N3O10/c19-16(23)14-31-15-18(25)21-2-4-27-6-8-29-10-12-30-11-9-28-7-5-26-3-1-20-17(24)13-22/h22H,1-15H2,(H2,19,23)(H,20,24)(H,21,25). The largest absolute Gasteiger partial charge is 0.387 e. The summed E-state index contributed by atoms with van der Waals surface area (Å²) in [5, 5.41) is 13.5. The maximum absolute atomic E-state index is 11.3. The molecule has 13 nitrogen and oxygen atoms in total. The Balaban J connectivity index is 3.13. The molecule has 0 rings (SSSR count). The van der Waals surface area contributed by atoms with E-state index in [0.29, 0.717) is 79.2 Å². The van der Waals surface area contributed by atoms with E-state index in [0.717, 1.165) is 0 Å². The van der Waals surface area contributed by atoms with Crippen molar-refractivity contribution >= 4 is 17.7 Å². The van der Waals surface area contributed by atoms with Crippen LogP contribution in [0.2, 0.25) is 0 Å². The summed E-state index contributed by atoms with van der Waals surface area (Å²) in [5.41, 5.74) is 4.88. The number of ether oxygens (including phenoxy) is 6. The molecule has 0 atom stereocenters. The lowest BCUT2D eigenvalue weighted by molar-refractivity contribution is -0.129. The normalized spacial score (nSPS) is 10.7. The lowest BCUT2D eigenvalue weighted by Crippen LogP contribution is -2.32. The highest BCUT2D eigenvalue weighted by Crippen LogP contribution is 1.84. The molecule has 0 radical (unpaired) electrons. The van der Waals surface area contributed by atoms with Crippen LogP contribution in [0.15, 0.2) is 0 Å². The molecule has 0 aliphatic heterocycles. The van der Waals surface area contributed by atoms with E-state index in [1.807, 2.05) is 0 Å². The van der Waals surface area contributed by atoms with Crippen molar-refractivity contribution in [1.29, 1.82) is 0 Å². The Labute approximate surface area is 181 Å². The number of carbonyl (C=O) groups excluding carboxylic acids is 3. The van der Waals surface area contributed by atoms with Gasteiger partial charge in [0.15, 0.2) is 0 Å². The number of hydrogen-bond acceptors (Lipinski definition) is 10. The number of hydrogen-bond donors (Lipinski definition) is 4. The molecule has 5 N–H and O–H groups in total. The average molecular weight is 453 g/mol. The van der Waals surface area contributed by atoms with E-state index in [2.05, 4.69) is 10.6 Å². The van der Waals surface area contributed by atoms with Gasteiger partial charge in [-0.2, -0.15) is 0 Å². The van der Waals surface area contributed by atoms with Crippen LogP contribution in [0.25, 0.3) is 0 Å². The fourth-order valence-corrected chi connectivity index (χ4v) is 1.86. The number of nitrogens with two attached hydrogens (primary N) is 1. The monoisotopic (exact) mass is 453 g/mol. The Morgan fingerprint density at radius 2 is 0.968 bits per heavy atom. The van der Waals surface area contributed by atoms with Gasteiger partial charge in [0.25, 0.3) is 0 Å². The van der Waals surface area contributed by atoms with Gasteiger partial charge in [-0.3, -0.25) is 14.4 Å². The molecular formula is C18H35N3O10. The van der Waals surface area contributed by atoms with Gasteiger partial charge >= 0.3 is 0 Å². The van der Waals surface area contributed by atoms with Crippen LogP contribution in [0.4, 0.5) is 0 Å². The Morgan fingerprint density at radius 3 is 1.35 bits per heavy atom. The zero-order valence-electron chi connectivity index (χ0n) is 17.8. The minimum Gasteiger partial charge on any atom is -0.387 e. The number of nitrogens with one attached hydrogen (secondary N) is 2. The molecule has 0 saturated carbocycles. The summed E-state index contributed by atoms with van der Waals surface area (Å²) in [5.74, 6) is -1.41. The van der Waals surface area contributed by atoms with E-state index in [1.54, 1.807) is 0 Å². The molecular weight excluding hydrogens is 418 g/mol. The van der Waals surface area contributed by atoms with Crippen LogP contribution in [-0.4, -0.2) is 122 Å². The second kappa shape index (κ2) is 22.8. The number of amides is 3. The Morgan fingerprint density at radius 1 is 0.581 bits per heavy atom. The van der Waals surface area contributed by atoms with Gasteiger partial charge in [0.1, 0.15) is 19.8 Å². The number of carbonyl (C=O) groups is 3. The molecule has 0 saturated heterocycles. The third-order valence-electron chi connectivity index (χ3n) is 3.25. The highest BCUT2D eigenvalue weighted by molar-refractivity contribution is 5.78. The van der Waals surface area contributed by atoms with Crippen molar-refractivity contribution in [3.63, 3.8) is 0 Å². The molecule has 0 unspecified atom stereocenters. The van der Waals surface area contributed by atoms with Crippen molar-refractivity contribution in [2.45, 2.75) is 0 Å². The minimum absolute atomic E-state index is 0.224. The van der Waals surface area contributed by atoms with Crippen LogP contribution < -0.4 is 16.4 Å². The fraction of sp³-hybridized carbons (Fsp3) is 0.833. The van der Waals surface area contributed by atoms with Crippen molar-refractivity contribution in [2.75, 3.05) is 99.0 Å². The molecule has 0 bridgehead atoms. The SMILES string of the molecule is NC(=O)COCC(=O)NCCOCCOCCOCCOCCOCCNC(=O)CO. The third-order valence-corrected chi connectivity index (χ3v) is 3.25. The molecule has 0 aromatic heterocycles. The van der Waals surface area contributed by atoms with E-state index >= 15 is 0 Å². The zero-order chi connectivity index (χ0) is 23.0. The van der Waals surface area contributed by atoms with Crippen LogP contribution in [-0.2, 0) is 42.8 Å². The van der Waals surface area contributed by atoms with Gasteiger partial charge in [-0.1, -0.05) is 0 Å².